The number of aryl methyl sites for hydroxylation is 1. The second kappa shape index (κ2) is 9.55. The lowest BCUT2D eigenvalue weighted by Gasteiger charge is -2.35. The lowest BCUT2D eigenvalue weighted by molar-refractivity contribution is 0.0237. The first-order chi connectivity index (χ1) is 15.1. The van der Waals surface area contributed by atoms with Gasteiger partial charge in [-0.2, -0.15) is 0 Å². The summed E-state index contributed by atoms with van der Waals surface area (Å²) >= 11 is 1.55. The number of hydrogen-bond acceptors (Lipinski definition) is 7. The van der Waals surface area contributed by atoms with Gasteiger partial charge in [0.2, 0.25) is 0 Å². The van der Waals surface area contributed by atoms with Crippen LogP contribution in [0.2, 0.25) is 0 Å². The van der Waals surface area contributed by atoms with Crippen LogP contribution < -0.4 is 14.8 Å². The zero-order valence-corrected chi connectivity index (χ0v) is 18.7. The number of thiophene rings is 1. The van der Waals surface area contributed by atoms with Crippen molar-refractivity contribution >= 4 is 22.2 Å². The summed E-state index contributed by atoms with van der Waals surface area (Å²) in [6.07, 6.45) is 1.49. The van der Waals surface area contributed by atoms with Crippen molar-refractivity contribution in [2.75, 3.05) is 45.8 Å². The summed E-state index contributed by atoms with van der Waals surface area (Å²) in [6, 6.07) is 11.2. The first kappa shape index (κ1) is 21.4. The van der Waals surface area contributed by atoms with Crippen LogP contribution in [0.25, 0.3) is 0 Å². The van der Waals surface area contributed by atoms with Crippen molar-refractivity contribution in [1.29, 1.82) is 0 Å². The third-order valence-electron chi connectivity index (χ3n) is 5.30. The highest BCUT2D eigenvalue weighted by Crippen LogP contribution is 2.43. The van der Waals surface area contributed by atoms with Crippen molar-refractivity contribution in [2.45, 2.75) is 13.0 Å². The number of methoxy groups -OCH3 is 2. The lowest BCUT2D eigenvalue weighted by atomic mass is 9.96. The van der Waals surface area contributed by atoms with Gasteiger partial charge in [0.15, 0.2) is 5.76 Å². The van der Waals surface area contributed by atoms with E-state index in [4.69, 9.17) is 18.6 Å². The van der Waals surface area contributed by atoms with E-state index < -0.39 is 0 Å². The SMILES string of the molecule is COc1ccc([C@H](c2cc(C)sc2NC(=O)c2ccco2)N2CCOCC2)c(OC)c1. The van der Waals surface area contributed by atoms with Gasteiger partial charge >= 0.3 is 0 Å². The van der Waals surface area contributed by atoms with Crippen molar-refractivity contribution in [3.63, 3.8) is 0 Å². The molecule has 1 aliphatic rings. The molecule has 3 heterocycles. The van der Waals surface area contributed by atoms with Crippen LogP contribution in [0.4, 0.5) is 5.00 Å². The Balaban J connectivity index is 1.77. The number of ether oxygens (including phenoxy) is 3. The van der Waals surface area contributed by atoms with E-state index in [1.165, 1.54) is 6.26 Å². The monoisotopic (exact) mass is 442 g/mol. The van der Waals surface area contributed by atoms with E-state index in [1.807, 2.05) is 25.1 Å². The van der Waals surface area contributed by atoms with Gasteiger partial charge in [0.05, 0.1) is 39.7 Å². The molecule has 0 unspecified atom stereocenters. The molecule has 31 heavy (non-hydrogen) atoms. The van der Waals surface area contributed by atoms with E-state index in [0.717, 1.165) is 45.6 Å². The highest BCUT2D eigenvalue weighted by Gasteiger charge is 2.31. The summed E-state index contributed by atoms with van der Waals surface area (Å²) in [5.74, 6) is 1.48. The van der Waals surface area contributed by atoms with Gasteiger partial charge in [-0.15, -0.1) is 11.3 Å². The highest BCUT2D eigenvalue weighted by atomic mass is 32.1. The zero-order valence-electron chi connectivity index (χ0n) is 17.8. The number of carbonyl (C=O) groups excluding carboxylic acids is 1. The molecule has 1 aliphatic heterocycles. The molecule has 0 saturated carbocycles. The molecule has 1 aromatic carbocycles. The molecule has 0 radical (unpaired) electrons. The molecule has 1 fully saturated rings. The number of hydrogen-bond donors (Lipinski definition) is 1. The summed E-state index contributed by atoms with van der Waals surface area (Å²) in [5, 5.41) is 3.84. The number of furan rings is 1. The van der Waals surface area contributed by atoms with Crippen LogP contribution in [0.5, 0.6) is 11.5 Å². The lowest BCUT2D eigenvalue weighted by Crippen LogP contribution is -2.39. The minimum absolute atomic E-state index is 0.110. The number of morpholine rings is 1. The summed E-state index contributed by atoms with van der Waals surface area (Å²) < 4.78 is 22.0. The number of anilines is 1. The van der Waals surface area contributed by atoms with Gasteiger partial charge in [-0.3, -0.25) is 9.69 Å². The third kappa shape index (κ3) is 4.61. The summed E-state index contributed by atoms with van der Waals surface area (Å²) in [7, 11) is 3.30. The predicted octanol–water partition coefficient (Wildman–Crippen LogP) is 4.34. The molecule has 0 spiro atoms. The Morgan fingerprint density at radius 1 is 1.13 bits per heavy atom. The standard InChI is InChI=1S/C23H26N2O5S/c1-15-13-18(23(31-15)24-22(26)19-5-4-10-30-19)21(25-8-11-29-12-9-25)17-7-6-16(27-2)14-20(17)28-3/h4-7,10,13-14,21H,8-9,11-12H2,1-3H3,(H,24,26)/t21-/m1/s1. The summed E-state index contributed by atoms with van der Waals surface area (Å²) in [4.78, 5) is 16.2. The number of amides is 1. The maximum absolute atomic E-state index is 12.7. The normalized spacial score (nSPS) is 15.5. The average molecular weight is 443 g/mol. The van der Waals surface area contributed by atoms with Crippen LogP contribution in [0, 0.1) is 6.92 Å². The number of nitrogens with zero attached hydrogens (tertiary/aromatic N) is 1. The fraction of sp³-hybridized carbons (Fsp3) is 0.348. The molecule has 8 heteroatoms. The average Bonchev–Trinajstić information content (AvgIpc) is 3.45. The van der Waals surface area contributed by atoms with Gasteiger partial charge in [-0.25, -0.2) is 0 Å². The van der Waals surface area contributed by atoms with E-state index in [9.17, 15) is 4.79 Å². The molecule has 1 saturated heterocycles. The fourth-order valence-corrected chi connectivity index (χ4v) is 4.79. The molecular formula is C23H26N2O5S. The van der Waals surface area contributed by atoms with Crippen molar-refractivity contribution in [3.8, 4) is 11.5 Å². The van der Waals surface area contributed by atoms with Gasteiger partial charge in [0.25, 0.3) is 5.91 Å². The second-order valence-corrected chi connectivity index (χ2v) is 8.49. The minimum Gasteiger partial charge on any atom is -0.497 e. The van der Waals surface area contributed by atoms with Gasteiger partial charge in [-0.05, 0) is 37.3 Å². The van der Waals surface area contributed by atoms with Crippen molar-refractivity contribution in [2.24, 2.45) is 0 Å². The molecular weight excluding hydrogens is 416 g/mol. The van der Waals surface area contributed by atoms with Crippen LogP contribution in [-0.4, -0.2) is 51.3 Å². The largest absolute Gasteiger partial charge is 0.497 e. The second-order valence-electron chi connectivity index (χ2n) is 7.23. The third-order valence-corrected chi connectivity index (χ3v) is 6.28. The van der Waals surface area contributed by atoms with Gasteiger partial charge in [0.1, 0.15) is 16.5 Å². The molecule has 7 nitrogen and oxygen atoms in total. The number of nitrogens with one attached hydrogen (secondary N) is 1. The Kier molecular flexibility index (Phi) is 6.60. The Bertz CT molecular complexity index is 1020. The Morgan fingerprint density at radius 3 is 2.61 bits per heavy atom. The predicted molar refractivity (Wildman–Crippen MR) is 119 cm³/mol. The topological polar surface area (TPSA) is 73.2 Å². The molecule has 1 amide bonds. The Morgan fingerprint density at radius 2 is 1.94 bits per heavy atom. The van der Waals surface area contributed by atoms with Crippen LogP contribution in [0.15, 0.2) is 47.1 Å². The Labute approximate surface area is 185 Å². The maximum atomic E-state index is 12.7. The quantitative estimate of drug-likeness (QED) is 0.587. The van der Waals surface area contributed by atoms with E-state index in [2.05, 4.69) is 16.3 Å². The van der Waals surface area contributed by atoms with Crippen LogP contribution in [-0.2, 0) is 4.74 Å². The number of carbonyl (C=O) groups is 1. The summed E-state index contributed by atoms with van der Waals surface area (Å²) in [5.41, 5.74) is 2.03. The van der Waals surface area contributed by atoms with Crippen molar-refractivity contribution < 1.29 is 23.4 Å². The number of rotatable bonds is 7. The molecule has 4 rings (SSSR count). The van der Waals surface area contributed by atoms with Gasteiger partial charge in [0, 0.05) is 35.2 Å². The van der Waals surface area contributed by atoms with Crippen LogP contribution in [0.3, 0.4) is 0 Å². The molecule has 164 valence electrons. The zero-order chi connectivity index (χ0) is 21.8. The maximum Gasteiger partial charge on any atom is 0.291 e. The van der Waals surface area contributed by atoms with Crippen LogP contribution in [0.1, 0.15) is 32.6 Å². The van der Waals surface area contributed by atoms with Crippen molar-refractivity contribution in [3.05, 3.63) is 64.4 Å². The molecule has 2 aromatic heterocycles. The fourth-order valence-electron chi connectivity index (χ4n) is 3.85. The minimum atomic E-state index is -0.268. The highest BCUT2D eigenvalue weighted by molar-refractivity contribution is 7.16. The van der Waals surface area contributed by atoms with E-state index in [1.54, 1.807) is 37.7 Å². The number of benzene rings is 1. The van der Waals surface area contributed by atoms with E-state index in [0.29, 0.717) is 13.2 Å². The van der Waals surface area contributed by atoms with Crippen LogP contribution >= 0.6 is 11.3 Å². The molecule has 1 N–H and O–H groups in total. The van der Waals surface area contributed by atoms with E-state index in [-0.39, 0.29) is 17.7 Å². The smallest absolute Gasteiger partial charge is 0.291 e. The summed E-state index contributed by atoms with van der Waals surface area (Å²) in [6.45, 7) is 4.91. The van der Waals surface area contributed by atoms with Gasteiger partial charge in [-0.1, -0.05) is 0 Å². The molecule has 1 atom stereocenters. The molecule has 0 aliphatic carbocycles. The first-order valence-corrected chi connectivity index (χ1v) is 10.9. The first-order valence-electron chi connectivity index (χ1n) is 10.1. The molecule has 3 aromatic rings. The Hall–Kier alpha value is -2.81. The van der Waals surface area contributed by atoms with E-state index >= 15 is 0 Å². The van der Waals surface area contributed by atoms with Gasteiger partial charge < -0.3 is 23.9 Å². The molecule has 0 bridgehead atoms. The van der Waals surface area contributed by atoms with Crippen molar-refractivity contribution in [1.82, 2.24) is 4.90 Å².